The first-order valence-electron chi connectivity index (χ1n) is 2.83. The molecule has 6 heteroatoms. The predicted octanol–water partition coefficient (Wildman–Crippen LogP) is -2.28. The summed E-state index contributed by atoms with van der Waals surface area (Å²) >= 11 is 0. The van der Waals surface area contributed by atoms with Crippen LogP contribution in [0, 0.1) is 0 Å². The first-order chi connectivity index (χ1) is 5.04. The Morgan fingerprint density at radius 1 is 1.45 bits per heavy atom. The number of ether oxygens (including phenoxy) is 1. The van der Waals surface area contributed by atoms with Crippen molar-refractivity contribution in [3.8, 4) is 0 Å². The van der Waals surface area contributed by atoms with Crippen molar-refractivity contribution in [3.05, 3.63) is 0 Å². The van der Waals surface area contributed by atoms with Crippen LogP contribution in [0.15, 0.2) is 0 Å². The van der Waals surface area contributed by atoms with Crippen molar-refractivity contribution < 1.29 is 29.6 Å². The Bertz CT molecular complexity index is 199. The minimum Gasteiger partial charge on any atom is -0.478 e. The number of aliphatic hydroxyl groups excluding tert-OH is 2. The van der Waals surface area contributed by atoms with Crippen LogP contribution in [0.2, 0.25) is 0 Å². The molecule has 1 aliphatic heterocycles. The predicted molar refractivity (Wildman–Crippen MR) is 29.5 cm³/mol. The molecule has 1 rings (SSSR count). The van der Waals surface area contributed by atoms with E-state index in [0.29, 0.717) is 0 Å². The number of hydrogen-bond acceptors (Lipinski definition) is 5. The average molecular weight is 162 g/mol. The van der Waals surface area contributed by atoms with Gasteiger partial charge in [-0.1, -0.05) is 0 Å². The van der Waals surface area contributed by atoms with E-state index in [9.17, 15) is 9.59 Å². The zero-order valence-electron chi connectivity index (χ0n) is 5.30. The Hall–Kier alpha value is -1.14. The number of carbonyl (C=O) groups excluding carboxylic acids is 1. The van der Waals surface area contributed by atoms with E-state index in [1.807, 2.05) is 0 Å². The summed E-state index contributed by atoms with van der Waals surface area (Å²) in [6.07, 6.45) is -5.05. The van der Waals surface area contributed by atoms with Crippen LogP contribution in [-0.4, -0.2) is 45.6 Å². The topological polar surface area (TPSA) is 104 Å². The molecular weight excluding hydrogens is 156 g/mol. The van der Waals surface area contributed by atoms with E-state index >= 15 is 0 Å². The lowest BCUT2D eigenvalue weighted by Gasteiger charge is -2.06. The number of esters is 1. The van der Waals surface area contributed by atoms with Crippen LogP contribution >= 0.6 is 0 Å². The van der Waals surface area contributed by atoms with E-state index in [4.69, 9.17) is 15.3 Å². The highest BCUT2D eigenvalue weighted by atomic mass is 16.6. The quantitative estimate of drug-likeness (QED) is 0.375. The van der Waals surface area contributed by atoms with E-state index in [-0.39, 0.29) is 0 Å². The van der Waals surface area contributed by atoms with Crippen molar-refractivity contribution >= 4 is 11.9 Å². The van der Waals surface area contributed by atoms with Gasteiger partial charge in [0.2, 0.25) is 6.10 Å². The molecule has 0 aromatic carbocycles. The maximum Gasteiger partial charge on any atom is 0.347 e. The summed E-state index contributed by atoms with van der Waals surface area (Å²) in [7, 11) is 0. The Morgan fingerprint density at radius 2 is 2.00 bits per heavy atom. The Morgan fingerprint density at radius 3 is 2.18 bits per heavy atom. The molecule has 3 atom stereocenters. The van der Waals surface area contributed by atoms with Crippen molar-refractivity contribution in [3.63, 3.8) is 0 Å². The fourth-order valence-corrected chi connectivity index (χ4v) is 0.766. The van der Waals surface area contributed by atoms with Gasteiger partial charge >= 0.3 is 11.9 Å². The second kappa shape index (κ2) is 2.48. The standard InChI is InChI=1S/C5H6O6/c6-1-2(7)5(10)11-3(1)4(8)9/h1-3,6-7H,(H,8,9)/t1-,2+,3-/m0/s1. The van der Waals surface area contributed by atoms with Gasteiger partial charge < -0.3 is 20.1 Å². The molecule has 0 unspecified atom stereocenters. The number of aliphatic hydroxyl groups is 2. The second-order valence-corrected chi connectivity index (χ2v) is 2.13. The van der Waals surface area contributed by atoms with Crippen molar-refractivity contribution in [2.45, 2.75) is 18.3 Å². The third-order valence-corrected chi connectivity index (χ3v) is 1.36. The molecule has 0 saturated carbocycles. The molecule has 1 saturated heterocycles. The minimum atomic E-state index is -1.74. The highest BCUT2D eigenvalue weighted by Crippen LogP contribution is 2.15. The molecule has 6 nitrogen and oxygen atoms in total. The number of carboxylic acid groups (broad SMARTS) is 1. The maximum absolute atomic E-state index is 10.4. The monoisotopic (exact) mass is 162 g/mol. The fourth-order valence-electron chi connectivity index (χ4n) is 0.766. The summed E-state index contributed by atoms with van der Waals surface area (Å²) in [6.45, 7) is 0. The van der Waals surface area contributed by atoms with Crippen LogP contribution in [0.3, 0.4) is 0 Å². The highest BCUT2D eigenvalue weighted by molar-refractivity contribution is 5.85. The molecule has 0 radical (unpaired) electrons. The SMILES string of the molecule is O=C(O)[C@H]1OC(=O)[C@H](O)[C@@H]1O. The van der Waals surface area contributed by atoms with E-state index in [0.717, 1.165) is 0 Å². The molecule has 3 N–H and O–H groups in total. The van der Waals surface area contributed by atoms with E-state index in [1.165, 1.54) is 0 Å². The summed E-state index contributed by atoms with van der Waals surface area (Å²) in [5, 5.41) is 25.8. The Kier molecular flexibility index (Phi) is 1.79. The highest BCUT2D eigenvalue weighted by Gasteiger charge is 2.46. The Balaban J connectivity index is 2.74. The number of hydrogen-bond donors (Lipinski definition) is 3. The van der Waals surface area contributed by atoms with Crippen molar-refractivity contribution in [2.75, 3.05) is 0 Å². The van der Waals surface area contributed by atoms with Crippen molar-refractivity contribution in [1.29, 1.82) is 0 Å². The molecule has 0 spiro atoms. The summed E-state index contributed by atoms with van der Waals surface area (Å²) < 4.78 is 4.11. The lowest BCUT2D eigenvalue weighted by Crippen LogP contribution is -2.35. The van der Waals surface area contributed by atoms with Crippen LogP contribution in [0.5, 0.6) is 0 Å². The summed E-state index contributed by atoms with van der Waals surface area (Å²) in [6, 6.07) is 0. The lowest BCUT2D eigenvalue weighted by atomic mass is 10.1. The van der Waals surface area contributed by atoms with Crippen LogP contribution in [-0.2, 0) is 14.3 Å². The number of rotatable bonds is 1. The molecule has 0 aromatic heterocycles. The number of aliphatic carboxylic acids is 1. The minimum absolute atomic E-state index is 1.11. The molecule has 62 valence electrons. The normalized spacial score (nSPS) is 36.9. The third-order valence-electron chi connectivity index (χ3n) is 1.36. The lowest BCUT2D eigenvalue weighted by molar-refractivity contribution is -0.159. The largest absolute Gasteiger partial charge is 0.478 e. The van der Waals surface area contributed by atoms with Crippen molar-refractivity contribution in [2.24, 2.45) is 0 Å². The van der Waals surface area contributed by atoms with Gasteiger partial charge in [-0.15, -0.1) is 0 Å². The first-order valence-corrected chi connectivity index (χ1v) is 2.83. The van der Waals surface area contributed by atoms with E-state index < -0.39 is 30.3 Å². The van der Waals surface area contributed by atoms with Gasteiger partial charge in [-0.3, -0.25) is 0 Å². The third kappa shape index (κ3) is 1.17. The van der Waals surface area contributed by atoms with Gasteiger partial charge in [0.1, 0.15) is 6.10 Å². The first kappa shape index (κ1) is 7.96. The molecule has 0 aliphatic carbocycles. The smallest absolute Gasteiger partial charge is 0.347 e. The molecule has 1 heterocycles. The molecule has 0 bridgehead atoms. The van der Waals surface area contributed by atoms with Gasteiger partial charge in [-0.05, 0) is 0 Å². The second-order valence-electron chi connectivity index (χ2n) is 2.13. The van der Waals surface area contributed by atoms with Gasteiger partial charge in [0.25, 0.3) is 0 Å². The van der Waals surface area contributed by atoms with Gasteiger partial charge in [-0.2, -0.15) is 0 Å². The fraction of sp³-hybridized carbons (Fsp3) is 0.600. The molecular formula is C5H6O6. The van der Waals surface area contributed by atoms with Gasteiger partial charge in [-0.25, -0.2) is 9.59 Å². The average Bonchev–Trinajstić information content (AvgIpc) is 2.17. The molecule has 0 amide bonds. The summed E-state index contributed by atoms with van der Waals surface area (Å²) in [5.74, 6) is -2.58. The van der Waals surface area contributed by atoms with E-state index in [1.54, 1.807) is 0 Å². The molecule has 0 aromatic rings. The summed E-state index contributed by atoms with van der Waals surface area (Å²) in [5.41, 5.74) is 0. The molecule has 11 heavy (non-hydrogen) atoms. The zero-order valence-corrected chi connectivity index (χ0v) is 5.30. The van der Waals surface area contributed by atoms with Crippen LogP contribution in [0.25, 0.3) is 0 Å². The maximum atomic E-state index is 10.4. The molecule has 1 aliphatic rings. The van der Waals surface area contributed by atoms with Crippen molar-refractivity contribution in [1.82, 2.24) is 0 Å². The van der Waals surface area contributed by atoms with E-state index in [2.05, 4.69) is 4.74 Å². The molecule has 1 fully saturated rings. The van der Waals surface area contributed by atoms with Gasteiger partial charge in [0, 0.05) is 0 Å². The van der Waals surface area contributed by atoms with Crippen LogP contribution in [0.4, 0.5) is 0 Å². The van der Waals surface area contributed by atoms with Gasteiger partial charge in [0.15, 0.2) is 6.10 Å². The summed E-state index contributed by atoms with van der Waals surface area (Å²) in [4.78, 5) is 20.6. The number of carbonyl (C=O) groups is 2. The number of carboxylic acids is 1. The van der Waals surface area contributed by atoms with Crippen LogP contribution in [0.1, 0.15) is 0 Å². The number of cyclic esters (lactones) is 1. The Labute approximate surface area is 61.0 Å². The zero-order chi connectivity index (χ0) is 8.59. The van der Waals surface area contributed by atoms with Gasteiger partial charge in [0.05, 0.1) is 0 Å². The van der Waals surface area contributed by atoms with Crippen LogP contribution < -0.4 is 0 Å².